The summed E-state index contributed by atoms with van der Waals surface area (Å²) in [6, 6.07) is 8.69. The van der Waals surface area contributed by atoms with Crippen molar-refractivity contribution in [2.45, 2.75) is 24.4 Å². The van der Waals surface area contributed by atoms with Crippen molar-refractivity contribution in [2.75, 3.05) is 31.0 Å². The fourth-order valence-corrected chi connectivity index (χ4v) is 6.39. The summed E-state index contributed by atoms with van der Waals surface area (Å²) >= 11 is 0. The van der Waals surface area contributed by atoms with Crippen LogP contribution < -0.4 is 19.7 Å². The zero-order valence-corrected chi connectivity index (χ0v) is 18.1. The minimum absolute atomic E-state index is 0.267. The van der Waals surface area contributed by atoms with Crippen molar-refractivity contribution >= 4 is 29.1 Å². The lowest BCUT2D eigenvalue weighted by molar-refractivity contribution is -0.135. The van der Waals surface area contributed by atoms with Crippen molar-refractivity contribution in [3.05, 3.63) is 47.8 Å². The first-order valence-electron chi connectivity index (χ1n) is 10.9. The van der Waals surface area contributed by atoms with Gasteiger partial charge in [0.25, 0.3) is 0 Å². The van der Waals surface area contributed by atoms with Gasteiger partial charge in [0.1, 0.15) is 11.4 Å². The predicted octanol–water partition coefficient (Wildman–Crippen LogP) is 2.27. The van der Waals surface area contributed by atoms with Crippen LogP contribution in [0.25, 0.3) is 0 Å². The van der Waals surface area contributed by atoms with Gasteiger partial charge in [0, 0.05) is 23.4 Å². The van der Waals surface area contributed by atoms with Crippen LogP contribution >= 0.6 is 0 Å². The van der Waals surface area contributed by atoms with E-state index in [1.165, 1.54) is 32.4 Å². The highest BCUT2D eigenvalue weighted by Gasteiger charge is 2.74. The van der Waals surface area contributed by atoms with Gasteiger partial charge >= 0.3 is 0 Å². The highest BCUT2D eigenvalue weighted by molar-refractivity contribution is 6.26. The lowest BCUT2D eigenvalue weighted by atomic mass is 9.75. The van der Waals surface area contributed by atoms with Gasteiger partial charge in [-0.2, -0.15) is 0 Å². The number of nitrogens with zero attached hydrogens (tertiary/aromatic N) is 2. The van der Waals surface area contributed by atoms with Crippen molar-refractivity contribution in [2.24, 2.45) is 11.8 Å². The van der Waals surface area contributed by atoms with Crippen LogP contribution in [0.1, 0.15) is 18.4 Å². The first kappa shape index (κ1) is 20.2. The molecular formula is C24H22FN3O5. The number of anilines is 2. The summed E-state index contributed by atoms with van der Waals surface area (Å²) in [4.78, 5) is 44.3. The molecular weight excluding hydrogens is 429 g/mol. The number of ether oxygens (including phenoxy) is 2. The number of hydrogen-bond acceptors (Lipinski definition) is 6. The fraction of sp³-hybridized carbons (Fsp3) is 0.375. The summed E-state index contributed by atoms with van der Waals surface area (Å²) in [5.74, 6) is -2.44. The smallest absolute Gasteiger partial charge is 0.250 e. The maximum Gasteiger partial charge on any atom is 0.250 e. The summed E-state index contributed by atoms with van der Waals surface area (Å²) in [6.45, 7) is 0.567. The fourth-order valence-electron chi connectivity index (χ4n) is 6.39. The maximum atomic E-state index is 14.3. The van der Waals surface area contributed by atoms with E-state index in [0.717, 1.165) is 11.3 Å². The lowest BCUT2D eigenvalue weighted by Gasteiger charge is -2.36. The third-order valence-corrected chi connectivity index (χ3v) is 7.58. The number of halogens is 1. The largest absolute Gasteiger partial charge is 0.493 e. The molecule has 0 aromatic heterocycles. The Hall–Kier alpha value is -3.46. The van der Waals surface area contributed by atoms with E-state index in [1.54, 1.807) is 18.2 Å². The summed E-state index contributed by atoms with van der Waals surface area (Å²) < 4.78 is 25.0. The Balaban J connectivity index is 1.52. The quantitative estimate of drug-likeness (QED) is 0.721. The van der Waals surface area contributed by atoms with E-state index in [2.05, 4.69) is 5.32 Å². The molecule has 0 aliphatic carbocycles. The molecule has 4 aliphatic heterocycles. The number of nitrogens with one attached hydrogen (secondary N) is 1. The number of carbonyl (C=O) groups excluding carboxylic acids is 3. The van der Waals surface area contributed by atoms with Gasteiger partial charge in [-0.05, 0) is 49.7 Å². The summed E-state index contributed by atoms with van der Waals surface area (Å²) in [7, 11) is 2.98. The average Bonchev–Trinajstić information content (AvgIpc) is 3.52. The van der Waals surface area contributed by atoms with Gasteiger partial charge in [0.15, 0.2) is 11.5 Å². The van der Waals surface area contributed by atoms with Crippen LogP contribution in [-0.4, -0.2) is 49.4 Å². The van der Waals surface area contributed by atoms with E-state index in [1.807, 2.05) is 4.90 Å². The van der Waals surface area contributed by atoms with Crippen molar-refractivity contribution in [1.29, 1.82) is 0 Å². The molecule has 1 spiro atoms. The van der Waals surface area contributed by atoms with Crippen LogP contribution in [0.15, 0.2) is 36.4 Å². The van der Waals surface area contributed by atoms with Crippen LogP contribution in [-0.2, 0) is 19.9 Å². The Bertz CT molecular complexity index is 1230. The number of methoxy groups -OCH3 is 2. The molecule has 6 rings (SSSR count). The predicted molar refractivity (Wildman–Crippen MR) is 115 cm³/mol. The van der Waals surface area contributed by atoms with Gasteiger partial charge in [-0.15, -0.1) is 0 Å². The van der Waals surface area contributed by atoms with Crippen LogP contribution in [0.2, 0.25) is 0 Å². The third kappa shape index (κ3) is 2.35. The summed E-state index contributed by atoms with van der Waals surface area (Å²) in [5.41, 5.74) is -0.129. The molecule has 0 unspecified atom stereocenters. The second-order valence-corrected chi connectivity index (χ2v) is 8.87. The van der Waals surface area contributed by atoms with Crippen LogP contribution in [0.5, 0.6) is 11.5 Å². The molecule has 4 aliphatic rings. The molecule has 2 aromatic rings. The molecule has 3 fully saturated rings. The molecule has 4 heterocycles. The standard InChI is InChI=1S/C24H22FN3O5/c1-32-17-8-6-13(11-18(17)33-2)28-21(29)19-16-4-3-9-27(16)24(20(19)22(28)30)14-10-12(25)5-7-15(14)26-23(24)31/h5-8,10-11,16,19-20H,3-4,9H2,1-2H3,(H,26,31)/t16-,19+,20+,24-/m1/s1. The van der Waals surface area contributed by atoms with Gasteiger partial charge < -0.3 is 14.8 Å². The second kappa shape index (κ2) is 6.77. The van der Waals surface area contributed by atoms with E-state index in [-0.39, 0.29) is 17.9 Å². The molecule has 3 saturated heterocycles. The maximum absolute atomic E-state index is 14.3. The van der Waals surface area contributed by atoms with Crippen molar-refractivity contribution in [3.63, 3.8) is 0 Å². The Labute approximate surface area is 189 Å². The normalized spacial score (nSPS) is 30.0. The van der Waals surface area contributed by atoms with E-state index in [4.69, 9.17) is 9.47 Å². The van der Waals surface area contributed by atoms with Gasteiger partial charge in [-0.1, -0.05) is 0 Å². The van der Waals surface area contributed by atoms with Crippen molar-refractivity contribution in [1.82, 2.24) is 4.90 Å². The van der Waals surface area contributed by atoms with Crippen LogP contribution in [0, 0.1) is 17.7 Å². The second-order valence-electron chi connectivity index (χ2n) is 8.87. The monoisotopic (exact) mass is 451 g/mol. The van der Waals surface area contributed by atoms with Gasteiger partial charge in [0.2, 0.25) is 17.7 Å². The van der Waals surface area contributed by atoms with Crippen LogP contribution in [0.4, 0.5) is 15.8 Å². The SMILES string of the molecule is COc1ccc(N2C(=O)[C@H]3[C@H]4CCCN4[C@@]4(C(=O)Nc5ccc(F)cc54)[C@@H]3C2=O)cc1OC. The highest BCUT2D eigenvalue weighted by atomic mass is 19.1. The minimum Gasteiger partial charge on any atom is -0.493 e. The van der Waals surface area contributed by atoms with Gasteiger partial charge in [0.05, 0.1) is 31.7 Å². The van der Waals surface area contributed by atoms with E-state index in [9.17, 15) is 18.8 Å². The summed E-state index contributed by atoms with van der Waals surface area (Å²) in [5, 5.41) is 2.84. The van der Waals surface area contributed by atoms with Crippen LogP contribution in [0.3, 0.4) is 0 Å². The van der Waals surface area contributed by atoms with Gasteiger partial charge in [-0.25, -0.2) is 9.29 Å². The van der Waals surface area contributed by atoms with Gasteiger partial charge in [-0.3, -0.25) is 19.3 Å². The molecule has 3 amide bonds. The molecule has 2 aromatic carbocycles. The molecule has 4 atom stereocenters. The number of rotatable bonds is 3. The Morgan fingerprint density at radius 1 is 1.03 bits per heavy atom. The van der Waals surface area contributed by atoms with E-state index >= 15 is 0 Å². The Morgan fingerprint density at radius 2 is 1.82 bits per heavy atom. The van der Waals surface area contributed by atoms with E-state index < -0.39 is 29.1 Å². The first-order valence-corrected chi connectivity index (χ1v) is 10.9. The molecule has 8 nitrogen and oxygen atoms in total. The topological polar surface area (TPSA) is 88.2 Å². The molecule has 0 radical (unpaired) electrons. The minimum atomic E-state index is -1.40. The number of benzene rings is 2. The average molecular weight is 451 g/mol. The number of hydrogen-bond donors (Lipinski definition) is 1. The van der Waals surface area contributed by atoms with Crippen molar-refractivity contribution < 1.29 is 28.2 Å². The molecule has 9 heteroatoms. The Morgan fingerprint density at radius 3 is 2.58 bits per heavy atom. The zero-order chi connectivity index (χ0) is 23.1. The zero-order valence-electron chi connectivity index (χ0n) is 18.1. The Kier molecular flexibility index (Phi) is 4.14. The third-order valence-electron chi connectivity index (χ3n) is 7.58. The first-order chi connectivity index (χ1) is 15.9. The molecule has 1 N–H and O–H groups in total. The number of imide groups is 1. The highest BCUT2D eigenvalue weighted by Crippen LogP contribution is 2.60. The molecule has 0 saturated carbocycles. The molecule has 170 valence electrons. The van der Waals surface area contributed by atoms with E-state index in [0.29, 0.717) is 41.4 Å². The molecule has 0 bridgehead atoms. The summed E-state index contributed by atoms with van der Waals surface area (Å²) in [6.07, 6.45) is 1.49. The number of carbonyl (C=O) groups is 3. The lowest BCUT2D eigenvalue weighted by Crippen LogP contribution is -2.54. The molecule has 33 heavy (non-hydrogen) atoms. The number of amides is 3. The van der Waals surface area contributed by atoms with Crippen molar-refractivity contribution in [3.8, 4) is 11.5 Å². The number of fused-ring (bicyclic) bond motifs is 7.